The maximum atomic E-state index is 13.4. The Kier molecular flexibility index (Phi) is 6.51. The van der Waals surface area contributed by atoms with Gasteiger partial charge in [-0.05, 0) is 42.7 Å². The van der Waals surface area contributed by atoms with Crippen LogP contribution in [0.2, 0.25) is 0 Å². The van der Waals surface area contributed by atoms with Gasteiger partial charge in [-0.15, -0.1) is 0 Å². The first-order chi connectivity index (χ1) is 15.9. The van der Waals surface area contributed by atoms with Crippen molar-refractivity contribution >= 4 is 27.7 Å². The largest absolute Gasteiger partial charge is 0.335 e. The normalized spacial score (nSPS) is 14.8. The van der Waals surface area contributed by atoms with Gasteiger partial charge in [0.1, 0.15) is 17.6 Å². The minimum atomic E-state index is -3.86. The van der Waals surface area contributed by atoms with E-state index in [1.54, 1.807) is 33.7 Å². The predicted octanol–water partition coefficient (Wildman–Crippen LogP) is 2.75. The van der Waals surface area contributed by atoms with E-state index >= 15 is 0 Å². The highest BCUT2D eigenvalue weighted by Crippen LogP contribution is 2.25. The lowest BCUT2D eigenvalue weighted by molar-refractivity contribution is 0.0689. The molecule has 3 aromatic rings. The van der Waals surface area contributed by atoms with Gasteiger partial charge in [-0.3, -0.25) is 9.36 Å². The molecule has 0 radical (unpaired) electrons. The Hall–Kier alpha value is -3.20. The van der Waals surface area contributed by atoms with Gasteiger partial charge in [0, 0.05) is 31.9 Å². The van der Waals surface area contributed by atoms with Gasteiger partial charge in [-0.2, -0.15) is 9.57 Å². The number of sulfonamides is 1. The average Bonchev–Trinajstić information content (AvgIpc) is 3.28. The van der Waals surface area contributed by atoms with Crippen molar-refractivity contribution in [1.82, 2.24) is 18.8 Å². The summed E-state index contributed by atoms with van der Waals surface area (Å²) in [6.45, 7) is 0.591. The molecular weight excluding hydrogens is 465 g/mol. The summed E-state index contributed by atoms with van der Waals surface area (Å²) in [5, 5.41) is 9.84. The van der Waals surface area contributed by atoms with Crippen LogP contribution >= 0.6 is 11.8 Å². The second-order valence-corrected chi connectivity index (χ2v) is 9.93. The van der Waals surface area contributed by atoms with Gasteiger partial charge in [0.2, 0.25) is 10.0 Å². The van der Waals surface area contributed by atoms with Crippen LogP contribution in [0.3, 0.4) is 0 Å². The van der Waals surface area contributed by atoms with Crippen molar-refractivity contribution in [2.24, 2.45) is 0 Å². The number of benzene rings is 2. The molecule has 0 aliphatic carbocycles. The van der Waals surface area contributed by atoms with Crippen LogP contribution in [-0.2, 0) is 10.0 Å². The molecule has 11 heteroatoms. The summed E-state index contributed by atoms with van der Waals surface area (Å²) in [6, 6.07) is 13.8. The highest BCUT2D eigenvalue weighted by atomic mass is 32.2. The lowest BCUT2D eigenvalue weighted by Gasteiger charge is -2.34. The molecule has 0 spiro atoms. The number of hydrogen-bond acceptors (Lipinski definition) is 6. The van der Waals surface area contributed by atoms with E-state index in [2.05, 4.69) is 4.98 Å². The van der Waals surface area contributed by atoms with E-state index in [-0.39, 0.29) is 48.4 Å². The zero-order valence-corrected chi connectivity index (χ0v) is 19.3. The number of thioether (sulfide) groups is 1. The summed E-state index contributed by atoms with van der Waals surface area (Å²) in [7, 11) is -3.86. The number of nitrogens with zero attached hydrogens (tertiary/aromatic N) is 5. The first kappa shape index (κ1) is 23.0. The molecule has 8 nitrogen and oxygen atoms in total. The SMILES string of the molecule is CSc1ncc(C(=O)N2CCN(S(=O)(=O)c3ccccc3C#N)CC2)n1-c1ccc(F)cc1. The lowest BCUT2D eigenvalue weighted by atomic mass is 10.2. The number of rotatable bonds is 5. The number of imidazole rings is 1. The fourth-order valence-corrected chi connectivity index (χ4v) is 5.79. The molecule has 1 aliphatic heterocycles. The number of amides is 1. The molecule has 0 unspecified atom stereocenters. The first-order valence-corrected chi connectivity index (χ1v) is 12.7. The van der Waals surface area contributed by atoms with Gasteiger partial charge in [0.15, 0.2) is 5.16 Å². The van der Waals surface area contributed by atoms with E-state index < -0.39 is 10.0 Å². The fraction of sp³-hybridized carbons (Fsp3) is 0.227. The Morgan fingerprint density at radius 3 is 2.39 bits per heavy atom. The second-order valence-electron chi connectivity index (χ2n) is 7.25. The molecule has 0 N–H and O–H groups in total. The molecule has 2 aromatic carbocycles. The smallest absolute Gasteiger partial charge is 0.272 e. The predicted molar refractivity (Wildman–Crippen MR) is 121 cm³/mol. The third kappa shape index (κ3) is 4.37. The standard InChI is InChI=1S/C22H20FN5O3S2/c1-32-22-25-15-19(28(22)18-8-6-17(23)7-9-18)21(29)26-10-12-27(13-11-26)33(30,31)20-5-3-2-4-16(20)14-24/h2-9,15H,10-13H2,1H3. The number of piperazine rings is 1. The second kappa shape index (κ2) is 9.35. The molecule has 1 aromatic heterocycles. The van der Waals surface area contributed by atoms with E-state index in [0.717, 1.165) is 0 Å². The van der Waals surface area contributed by atoms with Crippen molar-refractivity contribution in [3.63, 3.8) is 0 Å². The van der Waals surface area contributed by atoms with E-state index in [9.17, 15) is 22.9 Å². The van der Waals surface area contributed by atoms with E-state index in [0.29, 0.717) is 16.5 Å². The average molecular weight is 486 g/mol. The minimum absolute atomic E-state index is 0.0359. The monoisotopic (exact) mass is 485 g/mol. The maximum Gasteiger partial charge on any atom is 0.272 e. The van der Waals surface area contributed by atoms with E-state index in [1.165, 1.54) is 46.5 Å². The molecule has 0 bridgehead atoms. The van der Waals surface area contributed by atoms with Crippen molar-refractivity contribution in [1.29, 1.82) is 5.26 Å². The maximum absolute atomic E-state index is 13.4. The van der Waals surface area contributed by atoms with Crippen molar-refractivity contribution in [2.75, 3.05) is 32.4 Å². The molecular formula is C22H20FN5O3S2. The molecule has 1 aliphatic rings. The van der Waals surface area contributed by atoms with Crippen molar-refractivity contribution in [3.05, 3.63) is 71.8 Å². The van der Waals surface area contributed by atoms with Gasteiger partial charge in [0.25, 0.3) is 5.91 Å². The van der Waals surface area contributed by atoms with Crippen molar-refractivity contribution in [2.45, 2.75) is 10.1 Å². The van der Waals surface area contributed by atoms with E-state index in [4.69, 9.17) is 0 Å². The molecule has 0 atom stereocenters. The van der Waals surface area contributed by atoms with Crippen LogP contribution in [-0.4, -0.2) is 65.5 Å². The molecule has 170 valence electrons. The number of hydrogen-bond donors (Lipinski definition) is 0. The molecule has 33 heavy (non-hydrogen) atoms. The van der Waals surface area contributed by atoms with Crippen LogP contribution in [0.15, 0.2) is 64.8 Å². The van der Waals surface area contributed by atoms with Crippen LogP contribution in [0.4, 0.5) is 4.39 Å². The highest BCUT2D eigenvalue weighted by molar-refractivity contribution is 7.98. The van der Waals surface area contributed by atoms with Crippen LogP contribution in [0.25, 0.3) is 5.69 Å². The van der Waals surface area contributed by atoms with Gasteiger partial charge in [0.05, 0.1) is 16.7 Å². The van der Waals surface area contributed by atoms with Gasteiger partial charge in [-0.25, -0.2) is 17.8 Å². The number of carbonyl (C=O) groups excluding carboxylic acids is 1. The van der Waals surface area contributed by atoms with Crippen LogP contribution < -0.4 is 0 Å². The van der Waals surface area contributed by atoms with E-state index in [1.807, 2.05) is 12.3 Å². The molecule has 2 heterocycles. The number of halogens is 1. The summed E-state index contributed by atoms with van der Waals surface area (Å²) < 4.78 is 42.4. The Labute approximate surface area is 195 Å². The summed E-state index contributed by atoms with van der Waals surface area (Å²) in [4.78, 5) is 19.1. The Morgan fingerprint density at radius 1 is 1.09 bits per heavy atom. The van der Waals surface area contributed by atoms with Crippen LogP contribution in [0.1, 0.15) is 16.1 Å². The number of aromatic nitrogens is 2. The van der Waals surface area contributed by atoms with Gasteiger partial charge < -0.3 is 4.90 Å². The molecule has 1 saturated heterocycles. The Morgan fingerprint density at radius 2 is 1.76 bits per heavy atom. The molecule has 1 fully saturated rings. The number of nitriles is 1. The quantitative estimate of drug-likeness (QED) is 0.516. The third-order valence-corrected chi connectivity index (χ3v) is 7.98. The topological polar surface area (TPSA) is 99.3 Å². The van der Waals surface area contributed by atoms with Gasteiger partial charge >= 0.3 is 0 Å². The zero-order valence-electron chi connectivity index (χ0n) is 17.7. The Bertz CT molecular complexity index is 1320. The third-order valence-electron chi connectivity index (χ3n) is 5.37. The summed E-state index contributed by atoms with van der Waals surface area (Å²) >= 11 is 1.36. The van der Waals surface area contributed by atoms with Crippen LogP contribution in [0, 0.1) is 17.1 Å². The minimum Gasteiger partial charge on any atom is -0.335 e. The summed E-state index contributed by atoms with van der Waals surface area (Å²) in [5.41, 5.74) is 1.01. The molecule has 4 rings (SSSR count). The van der Waals surface area contributed by atoms with Crippen LogP contribution in [0.5, 0.6) is 0 Å². The summed E-state index contributed by atoms with van der Waals surface area (Å²) in [5.74, 6) is -0.672. The lowest BCUT2D eigenvalue weighted by Crippen LogP contribution is -2.50. The van der Waals surface area contributed by atoms with Crippen molar-refractivity contribution < 1.29 is 17.6 Å². The number of carbonyl (C=O) groups is 1. The Balaban J connectivity index is 1.55. The first-order valence-electron chi connectivity index (χ1n) is 10.0. The highest BCUT2D eigenvalue weighted by Gasteiger charge is 2.33. The fourth-order valence-electron chi connectivity index (χ4n) is 3.69. The summed E-state index contributed by atoms with van der Waals surface area (Å²) in [6.07, 6.45) is 3.31. The zero-order chi connectivity index (χ0) is 23.6. The molecule has 0 saturated carbocycles. The molecule has 1 amide bonds. The van der Waals surface area contributed by atoms with Crippen molar-refractivity contribution in [3.8, 4) is 11.8 Å². The van der Waals surface area contributed by atoms with Gasteiger partial charge in [-0.1, -0.05) is 23.9 Å².